The monoisotopic (exact) mass is 287 g/mol. The van der Waals surface area contributed by atoms with Crippen LogP contribution in [0.25, 0.3) is 0 Å². The zero-order valence-electron chi connectivity index (χ0n) is 11.9. The van der Waals surface area contributed by atoms with Crippen LogP contribution in [-0.2, 0) is 9.53 Å². The Morgan fingerprint density at radius 3 is 2.30 bits per heavy atom. The summed E-state index contributed by atoms with van der Waals surface area (Å²) >= 11 is 0. The lowest BCUT2D eigenvalue weighted by Gasteiger charge is -2.39. The van der Waals surface area contributed by atoms with E-state index in [4.69, 9.17) is 4.74 Å². The number of amides is 1. The van der Waals surface area contributed by atoms with Gasteiger partial charge in [0.25, 0.3) is 0 Å². The number of hydrogen-bond acceptors (Lipinski definition) is 5. The third-order valence-electron chi connectivity index (χ3n) is 4.57. The molecule has 0 aliphatic heterocycles. The van der Waals surface area contributed by atoms with Crippen LogP contribution in [0.1, 0.15) is 38.5 Å². The predicted octanol–water partition coefficient (Wildman–Crippen LogP) is -0.447. The van der Waals surface area contributed by atoms with Crippen molar-refractivity contribution < 1.29 is 24.9 Å². The summed E-state index contributed by atoms with van der Waals surface area (Å²) in [6.07, 6.45) is 1.19. The molecule has 0 aromatic heterocycles. The van der Waals surface area contributed by atoms with Crippen LogP contribution in [0.3, 0.4) is 0 Å². The van der Waals surface area contributed by atoms with Gasteiger partial charge < -0.3 is 25.4 Å². The molecule has 0 spiro atoms. The molecule has 5 atom stereocenters. The molecule has 0 bridgehead atoms. The molecule has 2 aliphatic rings. The van der Waals surface area contributed by atoms with Crippen molar-refractivity contribution in [1.29, 1.82) is 0 Å². The summed E-state index contributed by atoms with van der Waals surface area (Å²) in [5, 5.41) is 32.5. The Labute approximate surface area is 119 Å². The Kier molecular flexibility index (Phi) is 5.37. The highest BCUT2D eigenvalue weighted by Gasteiger charge is 2.46. The van der Waals surface area contributed by atoms with E-state index in [1.54, 1.807) is 0 Å². The molecule has 1 amide bonds. The van der Waals surface area contributed by atoms with Gasteiger partial charge in [0.05, 0.1) is 18.1 Å². The zero-order valence-corrected chi connectivity index (χ0v) is 11.9. The van der Waals surface area contributed by atoms with Gasteiger partial charge >= 0.3 is 0 Å². The Hall–Kier alpha value is -0.690. The van der Waals surface area contributed by atoms with Gasteiger partial charge in [-0.15, -0.1) is 0 Å². The fourth-order valence-electron chi connectivity index (χ4n) is 3.24. The van der Waals surface area contributed by atoms with Gasteiger partial charge in [0.15, 0.2) is 0 Å². The number of aliphatic hydroxyl groups is 3. The number of nitrogens with one attached hydrogen (secondary N) is 1. The van der Waals surface area contributed by atoms with E-state index in [1.165, 1.54) is 13.5 Å². The van der Waals surface area contributed by atoms with Crippen LogP contribution in [0.2, 0.25) is 0 Å². The highest BCUT2D eigenvalue weighted by Crippen LogP contribution is 2.28. The molecule has 2 aliphatic carbocycles. The fraction of sp³-hybridized carbons (Fsp3) is 0.929. The molecule has 6 nitrogen and oxygen atoms in total. The van der Waals surface area contributed by atoms with Crippen molar-refractivity contribution in [1.82, 2.24) is 5.32 Å². The van der Waals surface area contributed by atoms with E-state index in [0.29, 0.717) is 0 Å². The first-order valence-corrected chi connectivity index (χ1v) is 7.42. The number of carbonyl (C=O) groups excluding carboxylic acids is 1. The first-order valence-electron chi connectivity index (χ1n) is 7.42. The third-order valence-corrected chi connectivity index (χ3v) is 4.57. The fourth-order valence-corrected chi connectivity index (χ4v) is 3.24. The second-order valence-electron chi connectivity index (χ2n) is 5.93. The lowest BCUT2D eigenvalue weighted by Crippen LogP contribution is -2.58. The summed E-state index contributed by atoms with van der Waals surface area (Å²) in [4.78, 5) is 12.3. The lowest BCUT2D eigenvalue weighted by atomic mass is 9.80. The predicted molar refractivity (Wildman–Crippen MR) is 71.9 cm³/mol. The highest BCUT2D eigenvalue weighted by molar-refractivity contribution is 5.80. The topological polar surface area (TPSA) is 99.0 Å². The summed E-state index contributed by atoms with van der Waals surface area (Å²) in [6, 6.07) is 0.161. The Morgan fingerprint density at radius 2 is 1.70 bits per heavy atom. The van der Waals surface area contributed by atoms with E-state index in [1.807, 2.05) is 0 Å². The normalized spacial score (nSPS) is 39.5. The van der Waals surface area contributed by atoms with Crippen LogP contribution < -0.4 is 5.32 Å². The summed E-state index contributed by atoms with van der Waals surface area (Å²) in [7, 11) is 1.43. The van der Waals surface area contributed by atoms with Crippen LogP contribution in [-0.4, -0.2) is 58.8 Å². The number of rotatable bonds is 3. The first-order chi connectivity index (χ1) is 9.54. The van der Waals surface area contributed by atoms with Gasteiger partial charge in [0.2, 0.25) is 5.91 Å². The minimum absolute atomic E-state index is 0.161. The van der Waals surface area contributed by atoms with E-state index >= 15 is 0 Å². The number of ether oxygens (including phenoxy) is 1. The summed E-state index contributed by atoms with van der Waals surface area (Å²) in [5.74, 6) is -0.988. The second kappa shape index (κ2) is 6.85. The summed E-state index contributed by atoms with van der Waals surface area (Å²) < 4.78 is 5.09. The van der Waals surface area contributed by atoms with Crippen LogP contribution >= 0.6 is 0 Å². The van der Waals surface area contributed by atoms with Crippen molar-refractivity contribution in [3.63, 3.8) is 0 Å². The van der Waals surface area contributed by atoms with Crippen molar-refractivity contribution in [2.45, 2.75) is 69.0 Å². The Balaban J connectivity index is 1.96. The van der Waals surface area contributed by atoms with Gasteiger partial charge in [-0.2, -0.15) is 0 Å². The maximum absolute atomic E-state index is 12.3. The molecule has 0 aromatic rings. The van der Waals surface area contributed by atoms with Crippen LogP contribution in [0.15, 0.2) is 0 Å². The quantitative estimate of drug-likeness (QED) is 0.564. The molecule has 0 aromatic carbocycles. The summed E-state index contributed by atoms with van der Waals surface area (Å²) in [5.41, 5.74) is 0. The average molecular weight is 287 g/mol. The van der Waals surface area contributed by atoms with Crippen LogP contribution in [0, 0.1) is 5.92 Å². The Morgan fingerprint density at radius 1 is 1.05 bits per heavy atom. The number of aliphatic hydroxyl groups excluding tert-OH is 3. The van der Waals surface area contributed by atoms with E-state index in [-0.39, 0.29) is 18.4 Å². The molecule has 116 valence electrons. The minimum atomic E-state index is -1.35. The van der Waals surface area contributed by atoms with Gasteiger partial charge in [-0.1, -0.05) is 19.3 Å². The molecular formula is C14H25NO5. The number of hydrogen-bond donors (Lipinski definition) is 4. The van der Waals surface area contributed by atoms with E-state index < -0.39 is 30.3 Å². The lowest BCUT2D eigenvalue weighted by molar-refractivity contribution is -0.173. The Bertz CT molecular complexity index is 330. The molecule has 2 saturated carbocycles. The van der Waals surface area contributed by atoms with Crippen molar-refractivity contribution in [2.24, 2.45) is 5.92 Å². The van der Waals surface area contributed by atoms with Gasteiger partial charge in [0, 0.05) is 13.2 Å². The van der Waals surface area contributed by atoms with Gasteiger partial charge in [0.1, 0.15) is 12.2 Å². The molecule has 0 saturated heterocycles. The second-order valence-corrected chi connectivity index (χ2v) is 5.93. The first kappa shape index (κ1) is 15.7. The minimum Gasteiger partial charge on any atom is -0.389 e. The molecule has 6 heteroatoms. The molecular weight excluding hydrogens is 262 g/mol. The van der Waals surface area contributed by atoms with Gasteiger partial charge in [-0.3, -0.25) is 4.79 Å². The van der Waals surface area contributed by atoms with Crippen molar-refractivity contribution >= 4 is 5.91 Å². The van der Waals surface area contributed by atoms with E-state index in [2.05, 4.69) is 5.32 Å². The standard InChI is InChI=1S/C14H25NO5/c1-20-10-7-9(11(16)13(18)12(10)17)14(19)15-8-5-3-2-4-6-8/h8-13,16-18H,2-7H2,1H3,(H,15,19)/t9-,10+,11+,12+,13-/m1/s1. The SMILES string of the molecule is CO[C@H]1C[C@@H](C(=O)NC2CCCCC2)[C@H](O)[C@@H](O)[C@H]1O. The number of methoxy groups -OCH3 is 1. The average Bonchev–Trinajstić information content (AvgIpc) is 2.46. The molecule has 0 heterocycles. The van der Waals surface area contributed by atoms with E-state index in [0.717, 1.165) is 25.7 Å². The highest BCUT2D eigenvalue weighted by atomic mass is 16.5. The zero-order chi connectivity index (χ0) is 14.7. The molecule has 0 radical (unpaired) electrons. The van der Waals surface area contributed by atoms with Crippen LogP contribution in [0.4, 0.5) is 0 Å². The molecule has 4 N–H and O–H groups in total. The van der Waals surface area contributed by atoms with Crippen LogP contribution in [0.5, 0.6) is 0 Å². The van der Waals surface area contributed by atoms with Gasteiger partial charge in [-0.05, 0) is 19.3 Å². The maximum atomic E-state index is 12.3. The maximum Gasteiger partial charge on any atom is 0.226 e. The van der Waals surface area contributed by atoms with Crippen molar-refractivity contribution in [2.75, 3.05) is 7.11 Å². The number of carbonyl (C=O) groups is 1. The molecule has 2 fully saturated rings. The van der Waals surface area contributed by atoms with Crippen molar-refractivity contribution in [3.05, 3.63) is 0 Å². The molecule has 20 heavy (non-hydrogen) atoms. The molecule has 0 unspecified atom stereocenters. The van der Waals surface area contributed by atoms with Crippen molar-refractivity contribution in [3.8, 4) is 0 Å². The largest absolute Gasteiger partial charge is 0.389 e. The summed E-state index contributed by atoms with van der Waals surface area (Å²) in [6.45, 7) is 0. The smallest absolute Gasteiger partial charge is 0.226 e. The van der Waals surface area contributed by atoms with Gasteiger partial charge in [-0.25, -0.2) is 0 Å². The molecule has 2 rings (SSSR count). The van der Waals surface area contributed by atoms with E-state index in [9.17, 15) is 20.1 Å². The third kappa shape index (κ3) is 3.31.